The lowest BCUT2D eigenvalue weighted by molar-refractivity contribution is 0.341. The summed E-state index contributed by atoms with van der Waals surface area (Å²) in [5.41, 5.74) is 4.02. The molecule has 0 saturated carbocycles. The first-order valence-electron chi connectivity index (χ1n) is 9.89. The summed E-state index contributed by atoms with van der Waals surface area (Å²) in [6.07, 6.45) is 4.84. The quantitative estimate of drug-likeness (QED) is 0.368. The number of quaternary nitrogens is 1. The zero-order valence-corrected chi connectivity index (χ0v) is 16.0. The fourth-order valence-corrected chi connectivity index (χ4v) is 4.18. The number of benzene rings is 3. The molecule has 3 aromatic carbocycles. The lowest BCUT2D eigenvalue weighted by Crippen LogP contribution is -2.48. The smallest absolute Gasteiger partial charge is 0.143 e. The highest BCUT2D eigenvalue weighted by Crippen LogP contribution is 2.47. The van der Waals surface area contributed by atoms with Crippen LogP contribution in [0.4, 0.5) is 17.1 Å². The maximum atomic E-state index is 2.34. The molecule has 0 aliphatic carbocycles. The molecule has 1 nitrogen and oxygen atoms in total. The van der Waals surface area contributed by atoms with Gasteiger partial charge in [-0.15, -0.1) is 0 Å². The van der Waals surface area contributed by atoms with Crippen LogP contribution in [-0.2, 0) is 0 Å². The maximum Gasteiger partial charge on any atom is 0.143 e. The Morgan fingerprint density at radius 1 is 0.615 bits per heavy atom. The van der Waals surface area contributed by atoms with Gasteiger partial charge >= 0.3 is 0 Å². The van der Waals surface area contributed by atoms with E-state index in [1.54, 1.807) is 0 Å². The van der Waals surface area contributed by atoms with Gasteiger partial charge in [0.05, 0.1) is 0 Å². The molecule has 0 aliphatic rings. The van der Waals surface area contributed by atoms with Crippen LogP contribution in [-0.4, -0.2) is 6.04 Å². The van der Waals surface area contributed by atoms with Crippen LogP contribution in [0.3, 0.4) is 0 Å². The van der Waals surface area contributed by atoms with Crippen LogP contribution in [0.25, 0.3) is 0 Å². The molecule has 0 heterocycles. The van der Waals surface area contributed by atoms with Gasteiger partial charge in [-0.3, -0.25) is 0 Å². The Labute approximate surface area is 158 Å². The van der Waals surface area contributed by atoms with E-state index >= 15 is 0 Å². The van der Waals surface area contributed by atoms with Gasteiger partial charge in [0, 0.05) is 6.42 Å². The average Bonchev–Trinajstić information content (AvgIpc) is 2.73. The second kappa shape index (κ2) is 8.82. The van der Waals surface area contributed by atoms with E-state index in [0.29, 0.717) is 6.04 Å². The van der Waals surface area contributed by atoms with E-state index in [2.05, 4.69) is 105 Å². The van der Waals surface area contributed by atoms with Gasteiger partial charge in [0.25, 0.3) is 0 Å². The third-order valence-corrected chi connectivity index (χ3v) is 5.40. The van der Waals surface area contributed by atoms with E-state index in [-0.39, 0.29) is 0 Å². The van der Waals surface area contributed by atoms with Crippen LogP contribution in [0, 0.1) is 0 Å². The minimum absolute atomic E-state index is 0.502. The predicted molar refractivity (Wildman–Crippen MR) is 114 cm³/mol. The molecule has 1 heteroatoms. The molecule has 0 radical (unpaired) electrons. The number of hydrogen-bond donors (Lipinski definition) is 0. The monoisotopic (exact) mass is 344 g/mol. The number of nitrogens with zero attached hydrogens (tertiary/aromatic N) is 1. The molecule has 3 rings (SSSR count). The van der Waals surface area contributed by atoms with Gasteiger partial charge in [-0.1, -0.05) is 74.9 Å². The van der Waals surface area contributed by atoms with Crippen LogP contribution in [0.5, 0.6) is 0 Å². The minimum atomic E-state index is 0.502. The Balaban J connectivity index is 2.31. The predicted octanol–water partition coefficient (Wildman–Crippen LogP) is 7.63. The van der Waals surface area contributed by atoms with E-state index in [1.807, 2.05) is 0 Å². The molecule has 0 aliphatic heterocycles. The van der Waals surface area contributed by atoms with E-state index < -0.39 is 0 Å². The van der Waals surface area contributed by atoms with Crippen LogP contribution in [0.2, 0.25) is 0 Å². The SMILES string of the molecule is CCCCC(CC)[N+](c1ccccc1)(c1ccccc1)c1ccccc1. The molecule has 3 aromatic rings. The molecule has 0 fully saturated rings. The standard InChI is InChI=1S/C25H30N/c1-3-5-15-22(4-2)26(23-16-9-6-10-17-23,24-18-11-7-12-19-24)25-20-13-8-14-21-25/h6-14,16-22H,3-5,15H2,1-2H3/q+1. The van der Waals surface area contributed by atoms with Crippen molar-refractivity contribution in [3.8, 4) is 0 Å². The van der Waals surface area contributed by atoms with E-state index in [1.165, 1.54) is 36.3 Å². The fraction of sp³-hybridized carbons (Fsp3) is 0.280. The van der Waals surface area contributed by atoms with E-state index in [0.717, 1.165) is 10.9 Å². The van der Waals surface area contributed by atoms with E-state index in [4.69, 9.17) is 0 Å². The second-order valence-corrected chi connectivity index (χ2v) is 6.93. The lowest BCUT2D eigenvalue weighted by atomic mass is 9.97. The third-order valence-electron chi connectivity index (χ3n) is 5.40. The molecular weight excluding hydrogens is 314 g/mol. The van der Waals surface area contributed by atoms with Crippen LogP contribution < -0.4 is 4.48 Å². The summed E-state index contributed by atoms with van der Waals surface area (Å²) < 4.78 is 0.791. The van der Waals surface area contributed by atoms with Gasteiger partial charge in [-0.25, -0.2) is 4.48 Å². The number of rotatable bonds is 8. The van der Waals surface area contributed by atoms with Gasteiger partial charge in [-0.2, -0.15) is 0 Å². The molecular formula is C25H30N+. The zero-order valence-electron chi connectivity index (χ0n) is 16.0. The normalized spacial score (nSPS) is 12.7. The molecule has 134 valence electrons. The van der Waals surface area contributed by atoms with E-state index in [9.17, 15) is 0 Å². The van der Waals surface area contributed by atoms with Crippen molar-refractivity contribution in [1.29, 1.82) is 0 Å². The topological polar surface area (TPSA) is 0 Å². The summed E-state index contributed by atoms with van der Waals surface area (Å²) in [5.74, 6) is 0. The number of hydrogen-bond acceptors (Lipinski definition) is 0. The molecule has 1 atom stereocenters. The molecule has 0 saturated heterocycles. The zero-order chi connectivity index (χ0) is 18.2. The summed E-state index contributed by atoms with van der Waals surface area (Å²) >= 11 is 0. The fourth-order valence-electron chi connectivity index (χ4n) is 4.18. The highest BCUT2D eigenvalue weighted by molar-refractivity contribution is 5.71. The first kappa shape index (κ1) is 18.4. The van der Waals surface area contributed by atoms with Crippen molar-refractivity contribution in [2.24, 2.45) is 0 Å². The van der Waals surface area contributed by atoms with Crippen molar-refractivity contribution in [3.63, 3.8) is 0 Å². The Hall–Kier alpha value is -2.38. The average molecular weight is 345 g/mol. The Morgan fingerprint density at radius 2 is 1.00 bits per heavy atom. The summed E-state index contributed by atoms with van der Waals surface area (Å²) in [6.45, 7) is 4.62. The van der Waals surface area contributed by atoms with Crippen molar-refractivity contribution in [1.82, 2.24) is 4.48 Å². The third kappa shape index (κ3) is 3.45. The van der Waals surface area contributed by atoms with Crippen molar-refractivity contribution in [2.45, 2.75) is 45.6 Å². The van der Waals surface area contributed by atoms with Gasteiger partial charge in [0.2, 0.25) is 0 Å². The molecule has 0 aromatic heterocycles. The van der Waals surface area contributed by atoms with Crippen LogP contribution in [0.1, 0.15) is 39.5 Å². The number of unbranched alkanes of at least 4 members (excludes halogenated alkanes) is 1. The van der Waals surface area contributed by atoms with Crippen LogP contribution >= 0.6 is 0 Å². The van der Waals surface area contributed by atoms with Gasteiger partial charge in [0.1, 0.15) is 23.1 Å². The largest absolute Gasteiger partial charge is 0.224 e. The first-order chi connectivity index (χ1) is 12.8. The second-order valence-electron chi connectivity index (χ2n) is 6.93. The summed E-state index contributed by atoms with van der Waals surface area (Å²) in [6, 6.07) is 33.6. The van der Waals surface area contributed by atoms with Crippen molar-refractivity contribution >= 4 is 17.1 Å². The minimum Gasteiger partial charge on any atom is -0.224 e. The Morgan fingerprint density at radius 3 is 1.31 bits per heavy atom. The van der Waals surface area contributed by atoms with Gasteiger partial charge in [0.15, 0.2) is 0 Å². The lowest BCUT2D eigenvalue weighted by Gasteiger charge is -2.43. The van der Waals surface area contributed by atoms with Crippen molar-refractivity contribution in [2.75, 3.05) is 0 Å². The maximum absolute atomic E-state index is 2.34. The van der Waals surface area contributed by atoms with Crippen LogP contribution in [0.15, 0.2) is 91.0 Å². The summed E-state index contributed by atoms with van der Waals surface area (Å²) in [5, 5.41) is 0. The Bertz CT molecular complexity index is 668. The van der Waals surface area contributed by atoms with Gasteiger partial charge in [-0.05, 0) is 49.2 Å². The highest BCUT2D eigenvalue weighted by Gasteiger charge is 2.42. The molecule has 0 N–H and O–H groups in total. The molecule has 26 heavy (non-hydrogen) atoms. The molecule has 0 spiro atoms. The summed E-state index contributed by atoms with van der Waals surface area (Å²) in [4.78, 5) is 0. The Kier molecular flexibility index (Phi) is 6.25. The van der Waals surface area contributed by atoms with Crippen molar-refractivity contribution in [3.05, 3.63) is 91.0 Å². The molecule has 0 bridgehead atoms. The first-order valence-corrected chi connectivity index (χ1v) is 9.89. The van der Waals surface area contributed by atoms with Crippen molar-refractivity contribution < 1.29 is 0 Å². The molecule has 0 amide bonds. The summed E-state index contributed by atoms with van der Waals surface area (Å²) in [7, 11) is 0. The van der Waals surface area contributed by atoms with Gasteiger partial charge < -0.3 is 0 Å². The highest BCUT2D eigenvalue weighted by atomic mass is 15.4. The number of para-hydroxylation sites is 3. The molecule has 1 unspecified atom stereocenters.